The molecule has 19 heavy (non-hydrogen) atoms. The Labute approximate surface area is 122 Å². The number of carbonyl (C=O) groups is 1. The predicted octanol–water partition coefficient (Wildman–Crippen LogP) is 3.99. The van der Waals surface area contributed by atoms with Crippen LogP contribution in [-0.4, -0.2) is 29.3 Å². The summed E-state index contributed by atoms with van der Waals surface area (Å²) in [4.78, 5) is 15.2. The van der Waals surface area contributed by atoms with Gasteiger partial charge in [0.1, 0.15) is 0 Å². The molecule has 2 heterocycles. The van der Waals surface area contributed by atoms with Crippen molar-refractivity contribution in [2.24, 2.45) is 5.92 Å². The van der Waals surface area contributed by atoms with Gasteiger partial charge in [-0.1, -0.05) is 25.1 Å². The number of amides is 1. The first kappa shape index (κ1) is 12.9. The number of hydrogen-bond acceptors (Lipinski definition) is 2. The summed E-state index contributed by atoms with van der Waals surface area (Å²) < 4.78 is 1.17. The molecular weight excluding hydrogens is 278 g/mol. The largest absolute Gasteiger partial charge is 0.336 e. The van der Waals surface area contributed by atoms with Crippen LogP contribution >= 0.6 is 22.9 Å². The molecule has 3 rings (SSSR count). The third-order valence-corrected chi connectivity index (χ3v) is 5.46. The summed E-state index contributed by atoms with van der Waals surface area (Å²) in [5, 5.41) is 1.22. The van der Waals surface area contributed by atoms with Crippen LogP contribution in [0.15, 0.2) is 30.3 Å². The number of piperidine rings is 1. The zero-order chi connectivity index (χ0) is 13.4. The third-order valence-electron chi connectivity index (χ3n) is 3.79. The van der Waals surface area contributed by atoms with Crippen molar-refractivity contribution in [3.8, 4) is 0 Å². The van der Waals surface area contributed by atoms with Crippen LogP contribution in [0.25, 0.3) is 10.1 Å². The standard InChI is InChI=1S/C15H16ClNOS/c1-10-6-7-17(9-12(10)16)15(18)14-8-11-4-2-3-5-13(11)19-14/h2-5,8,10,12H,6-7,9H2,1H3. The smallest absolute Gasteiger partial charge is 0.264 e. The van der Waals surface area contributed by atoms with Gasteiger partial charge < -0.3 is 4.90 Å². The van der Waals surface area contributed by atoms with Gasteiger partial charge >= 0.3 is 0 Å². The van der Waals surface area contributed by atoms with Crippen molar-refractivity contribution in [2.75, 3.05) is 13.1 Å². The number of fused-ring (bicyclic) bond motifs is 1. The Kier molecular flexibility index (Phi) is 3.50. The summed E-state index contributed by atoms with van der Waals surface area (Å²) in [5.41, 5.74) is 0. The van der Waals surface area contributed by atoms with E-state index in [4.69, 9.17) is 11.6 Å². The molecule has 0 aliphatic carbocycles. The van der Waals surface area contributed by atoms with Gasteiger partial charge in [-0.15, -0.1) is 22.9 Å². The zero-order valence-electron chi connectivity index (χ0n) is 10.8. The van der Waals surface area contributed by atoms with Crippen LogP contribution in [0.1, 0.15) is 23.0 Å². The highest BCUT2D eigenvalue weighted by atomic mass is 35.5. The molecule has 0 radical (unpaired) electrons. The van der Waals surface area contributed by atoms with E-state index in [0.717, 1.165) is 23.2 Å². The summed E-state index contributed by atoms with van der Waals surface area (Å²) in [6.07, 6.45) is 0.991. The minimum Gasteiger partial charge on any atom is -0.336 e. The Morgan fingerprint density at radius 1 is 1.42 bits per heavy atom. The molecule has 2 nitrogen and oxygen atoms in total. The molecule has 4 heteroatoms. The molecule has 0 saturated carbocycles. The minimum atomic E-state index is 0.0760. The SMILES string of the molecule is CC1CCN(C(=O)c2cc3ccccc3s2)CC1Cl. The summed E-state index contributed by atoms with van der Waals surface area (Å²) in [5.74, 6) is 0.617. The van der Waals surface area contributed by atoms with Crippen molar-refractivity contribution < 1.29 is 4.79 Å². The molecule has 0 bridgehead atoms. The highest BCUT2D eigenvalue weighted by Gasteiger charge is 2.28. The van der Waals surface area contributed by atoms with Crippen LogP contribution in [0, 0.1) is 5.92 Å². The molecule has 1 aromatic carbocycles. The molecule has 1 aromatic heterocycles. The number of nitrogens with zero attached hydrogens (tertiary/aromatic N) is 1. The van der Waals surface area contributed by atoms with Crippen LogP contribution in [-0.2, 0) is 0 Å². The quantitative estimate of drug-likeness (QED) is 0.728. The van der Waals surface area contributed by atoms with E-state index >= 15 is 0 Å². The molecule has 1 fully saturated rings. The maximum Gasteiger partial charge on any atom is 0.264 e. The first-order chi connectivity index (χ1) is 9.15. The normalized spacial score (nSPS) is 23.8. The van der Waals surface area contributed by atoms with Gasteiger partial charge in [0.2, 0.25) is 0 Å². The van der Waals surface area contributed by atoms with E-state index < -0.39 is 0 Å². The lowest BCUT2D eigenvalue weighted by atomic mass is 9.98. The Morgan fingerprint density at radius 2 is 2.21 bits per heavy atom. The second-order valence-corrected chi connectivity index (χ2v) is 6.83. The summed E-state index contributed by atoms with van der Waals surface area (Å²) in [6.45, 7) is 3.63. The molecule has 0 N–H and O–H groups in total. The minimum absolute atomic E-state index is 0.0760. The molecule has 2 atom stereocenters. The van der Waals surface area contributed by atoms with E-state index in [0.29, 0.717) is 12.5 Å². The topological polar surface area (TPSA) is 20.3 Å². The number of rotatable bonds is 1. The van der Waals surface area contributed by atoms with Crippen LogP contribution in [0.2, 0.25) is 0 Å². The summed E-state index contributed by atoms with van der Waals surface area (Å²) in [7, 11) is 0. The van der Waals surface area contributed by atoms with Gasteiger partial charge in [0.15, 0.2) is 0 Å². The lowest BCUT2D eigenvalue weighted by Gasteiger charge is -2.33. The van der Waals surface area contributed by atoms with E-state index in [1.165, 1.54) is 4.70 Å². The highest BCUT2D eigenvalue weighted by molar-refractivity contribution is 7.20. The maximum atomic E-state index is 12.5. The number of hydrogen-bond donors (Lipinski definition) is 0. The second-order valence-electron chi connectivity index (χ2n) is 5.18. The Morgan fingerprint density at radius 3 is 2.95 bits per heavy atom. The summed E-state index contributed by atoms with van der Waals surface area (Å²) >= 11 is 7.85. The fourth-order valence-corrected chi connectivity index (χ4v) is 3.77. The molecule has 1 amide bonds. The van der Waals surface area contributed by atoms with Crippen molar-refractivity contribution >= 4 is 38.9 Å². The predicted molar refractivity (Wildman–Crippen MR) is 81.2 cm³/mol. The average molecular weight is 294 g/mol. The lowest BCUT2D eigenvalue weighted by molar-refractivity contribution is 0.0706. The third kappa shape index (κ3) is 2.49. The number of carbonyl (C=O) groups excluding carboxylic acids is 1. The lowest BCUT2D eigenvalue weighted by Crippen LogP contribution is -2.43. The van der Waals surface area contributed by atoms with E-state index in [2.05, 4.69) is 13.0 Å². The van der Waals surface area contributed by atoms with E-state index in [-0.39, 0.29) is 11.3 Å². The maximum absolute atomic E-state index is 12.5. The molecule has 100 valence electrons. The fraction of sp³-hybridized carbons (Fsp3) is 0.400. The Balaban J connectivity index is 1.83. The average Bonchev–Trinajstić information content (AvgIpc) is 2.85. The zero-order valence-corrected chi connectivity index (χ0v) is 12.4. The van der Waals surface area contributed by atoms with E-state index in [9.17, 15) is 4.79 Å². The monoisotopic (exact) mass is 293 g/mol. The Hall–Kier alpha value is -1.06. The van der Waals surface area contributed by atoms with Crippen LogP contribution in [0.5, 0.6) is 0 Å². The highest BCUT2D eigenvalue weighted by Crippen LogP contribution is 2.28. The number of halogens is 1. The number of benzene rings is 1. The van der Waals surface area contributed by atoms with Crippen LogP contribution in [0.4, 0.5) is 0 Å². The van der Waals surface area contributed by atoms with Crippen LogP contribution < -0.4 is 0 Å². The van der Waals surface area contributed by atoms with Crippen LogP contribution in [0.3, 0.4) is 0 Å². The van der Waals surface area contributed by atoms with Gasteiger partial charge in [0, 0.05) is 17.8 Å². The molecule has 2 aromatic rings. The van der Waals surface area contributed by atoms with Gasteiger partial charge in [-0.05, 0) is 29.9 Å². The van der Waals surface area contributed by atoms with Gasteiger partial charge in [-0.25, -0.2) is 0 Å². The number of alkyl halides is 1. The number of likely N-dealkylation sites (tertiary alicyclic amines) is 1. The van der Waals surface area contributed by atoms with E-state index in [1.807, 2.05) is 29.2 Å². The molecule has 0 spiro atoms. The molecule has 1 saturated heterocycles. The van der Waals surface area contributed by atoms with Gasteiger partial charge in [0.05, 0.1) is 10.3 Å². The van der Waals surface area contributed by atoms with Gasteiger partial charge in [0.25, 0.3) is 5.91 Å². The first-order valence-electron chi connectivity index (χ1n) is 6.57. The second kappa shape index (κ2) is 5.14. The van der Waals surface area contributed by atoms with Gasteiger partial charge in [-0.3, -0.25) is 4.79 Å². The fourth-order valence-electron chi connectivity index (χ4n) is 2.45. The Bertz CT molecular complexity index is 576. The number of thiophene rings is 1. The van der Waals surface area contributed by atoms with Gasteiger partial charge in [-0.2, -0.15) is 0 Å². The molecule has 1 aliphatic heterocycles. The summed E-state index contributed by atoms with van der Waals surface area (Å²) in [6, 6.07) is 10.1. The first-order valence-corrected chi connectivity index (χ1v) is 7.82. The molecule has 1 aliphatic rings. The van der Waals surface area contributed by atoms with Crippen molar-refractivity contribution in [3.63, 3.8) is 0 Å². The van der Waals surface area contributed by atoms with Crippen molar-refractivity contribution in [1.29, 1.82) is 0 Å². The van der Waals surface area contributed by atoms with Crippen molar-refractivity contribution in [1.82, 2.24) is 4.90 Å². The van der Waals surface area contributed by atoms with E-state index in [1.54, 1.807) is 11.3 Å². The van der Waals surface area contributed by atoms with Crippen molar-refractivity contribution in [2.45, 2.75) is 18.7 Å². The van der Waals surface area contributed by atoms with Crippen molar-refractivity contribution in [3.05, 3.63) is 35.2 Å². The molecule has 2 unspecified atom stereocenters. The molecular formula is C15H16ClNOS.